The third-order valence-corrected chi connectivity index (χ3v) is 7.90. The van der Waals surface area contributed by atoms with Crippen LogP contribution >= 0.6 is 50.9 Å². The number of esters is 1. The summed E-state index contributed by atoms with van der Waals surface area (Å²) >= 11 is 17.1. The van der Waals surface area contributed by atoms with E-state index in [2.05, 4.69) is 20.9 Å². The molecular weight excluding hydrogens is 627 g/mol. The summed E-state index contributed by atoms with van der Waals surface area (Å²) < 4.78 is 17.3. The number of thioether (sulfide) groups is 1. The van der Waals surface area contributed by atoms with Crippen LogP contribution in [0.2, 0.25) is 10.0 Å². The average molecular weight is 650 g/mol. The van der Waals surface area contributed by atoms with Crippen LogP contribution in [-0.4, -0.2) is 42.7 Å². The zero-order chi connectivity index (χ0) is 28.1. The van der Waals surface area contributed by atoms with Gasteiger partial charge in [0, 0.05) is 27.1 Å². The first-order valence-corrected chi connectivity index (χ1v) is 14.0. The monoisotopic (exact) mass is 648 g/mol. The molecule has 0 spiro atoms. The van der Waals surface area contributed by atoms with Gasteiger partial charge in [-0.2, -0.15) is 0 Å². The van der Waals surface area contributed by atoms with Crippen molar-refractivity contribution >= 4 is 79.7 Å². The van der Waals surface area contributed by atoms with Crippen molar-refractivity contribution in [3.63, 3.8) is 0 Å². The third kappa shape index (κ3) is 6.97. The number of rotatable bonds is 8. The Morgan fingerprint density at radius 2 is 1.79 bits per heavy atom. The fourth-order valence-corrected chi connectivity index (χ4v) is 5.41. The van der Waals surface area contributed by atoms with Gasteiger partial charge in [-0.1, -0.05) is 45.2 Å². The first-order chi connectivity index (χ1) is 18.7. The number of hydrogen-bond donors (Lipinski definition) is 0. The number of likely N-dealkylation sites (N-methyl/N-ethyl adjacent to an activating group) is 1. The van der Waals surface area contributed by atoms with Gasteiger partial charge in [-0.15, -0.1) is 0 Å². The summed E-state index contributed by atoms with van der Waals surface area (Å²) in [6.45, 7) is 2.53. The molecule has 11 heteroatoms. The van der Waals surface area contributed by atoms with Crippen molar-refractivity contribution in [3.05, 3.63) is 90.7 Å². The Kier molecular flexibility index (Phi) is 9.61. The van der Waals surface area contributed by atoms with Crippen molar-refractivity contribution in [2.75, 3.05) is 20.8 Å². The van der Waals surface area contributed by atoms with Crippen LogP contribution in [0, 0.1) is 0 Å². The number of carbonyl (C=O) groups is 2. The molecular formula is C28H23BrCl2N2O5S. The zero-order valence-corrected chi connectivity index (χ0v) is 25.1. The number of hydrogen-bond acceptors (Lipinski definition) is 7. The Hall–Kier alpha value is -2.98. The van der Waals surface area contributed by atoms with Gasteiger partial charge >= 0.3 is 5.97 Å². The molecule has 202 valence electrons. The second-order valence-electron chi connectivity index (χ2n) is 8.19. The molecule has 0 bridgehead atoms. The van der Waals surface area contributed by atoms with Crippen molar-refractivity contribution < 1.29 is 23.8 Å². The van der Waals surface area contributed by atoms with Crippen LogP contribution in [0.25, 0.3) is 6.08 Å². The maximum atomic E-state index is 13.0. The number of nitrogens with zero attached hydrogens (tertiary/aromatic N) is 2. The molecule has 4 rings (SSSR count). The van der Waals surface area contributed by atoms with Gasteiger partial charge in [0.2, 0.25) is 0 Å². The first kappa shape index (κ1) is 29.0. The SMILES string of the molecule is CCOc1cc(/C=C2\SC(=Nc3ccc(C(=O)OC)cc3)N(C)C2=O)c(Br)cc1OCc1ccc(Cl)cc1Cl. The van der Waals surface area contributed by atoms with Gasteiger partial charge in [0.1, 0.15) is 6.61 Å². The number of ether oxygens (including phenoxy) is 3. The number of halogens is 3. The molecule has 0 aliphatic carbocycles. The molecule has 0 N–H and O–H groups in total. The molecule has 3 aromatic rings. The van der Waals surface area contributed by atoms with Gasteiger partial charge < -0.3 is 14.2 Å². The Labute approximate surface area is 248 Å². The van der Waals surface area contributed by atoms with Crippen LogP contribution in [-0.2, 0) is 16.1 Å². The summed E-state index contributed by atoms with van der Waals surface area (Å²) in [4.78, 5) is 31.2. The molecule has 1 heterocycles. The first-order valence-electron chi connectivity index (χ1n) is 11.7. The molecule has 1 aliphatic heterocycles. The van der Waals surface area contributed by atoms with Crippen molar-refractivity contribution in [3.8, 4) is 11.5 Å². The summed E-state index contributed by atoms with van der Waals surface area (Å²) in [5.41, 5.74) is 2.55. The minimum atomic E-state index is -0.427. The van der Waals surface area contributed by atoms with Crippen molar-refractivity contribution in [2.24, 2.45) is 4.99 Å². The normalized spacial score (nSPS) is 15.2. The lowest BCUT2D eigenvalue weighted by atomic mass is 10.1. The average Bonchev–Trinajstić information content (AvgIpc) is 3.18. The van der Waals surface area contributed by atoms with E-state index in [1.807, 2.05) is 19.1 Å². The summed E-state index contributed by atoms with van der Waals surface area (Å²) in [5.74, 6) is 0.440. The highest BCUT2D eigenvalue weighted by molar-refractivity contribution is 9.10. The van der Waals surface area contributed by atoms with Crippen LogP contribution in [0.1, 0.15) is 28.4 Å². The van der Waals surface area contributed by atoms with Crippen molar-refractivity contribution in [2.45, 2.75) is 13.5 Å². The molecule has 1 fully saturated rings. The second kappa shape index (κ2) is 12.9. The molecule has 39 heavy (non-hydrogen) atoms. The van der Waals surface area contributed by atoms with Gasteiger partial charge in [0.15, 0.2) is 16.7 Å². The number of benzene rings is 3. The predicted molar refractivity (Wildman–Crippen MR) is 159 cm³/mol. The van der Waals surface area contributed by atoms with Crippen LogP contribution < -0.4 is 9.47 Å². The zero-order valence-electron chi connectivity index (χ0n) is 21.2. The van der Waals surface area contributed by atoms with Gasteiger partial charge in [0.25, 0.3) is 5.91 Å². The third-order valence-electron chi connectivity index (χ3n) is 5.56. The van der Waals surface area contributed by atoms with Gasteiger partial charge in [-0.25, -0.2) is 9.79 Å². The van der Waals surface area contributed by atoms with E-state index in [-0.39, 0.29) is 12.5 Å². The number of amidine groups is 1. The number of amides is 1. The van der Waals surface area contributed by atoms with E-state index < -0.39 is 5.97 Å². The van der Waals surface area contributed by atoms with Gasteiger partial charge in [-0.05, 0) is 78.9 Å². The van der Waals surface area contributed by atoms with E-state index in [4.69, 9.17) is 37.4 Å². The summed E-state index contributed by atoms with van der Waals surface area (Å²) in [5, 5.41) is 1.57. The molecule has 0 unspecified atom stereocenters. The molecule has 1 aliphatic rings. The Morgan fingerprint density at radius 3 is 2.46 bits per heavy atom. The van der Waals surface area contributed by atoms with E-state index in [1.54, 1.807) is 55.6 Å². The summed E-state index contributed by atoms with van der Waals surface area (Å²) in [6, 6.07) is 15.5. The molecule has 7 nitrogen and oxygen atoms in total. The lowest BCUT2D eigenvalue weighted by molar-refractivity contribution is -0.121. The van der Waals surface area contributed by atoms with Crippen LogP contribution in [0.3, 0.4) is 0 Å². The maximum absolute atomic E-state index is 13.0. The van der Waals surface area contributed by atoms with Gasteiger partial charge in [-0.3, -0.25) is 9.69 Å². The Morgan fingerprint density at radius 1 is 1.08 bits per heavy atom. The van der Waals surface area contributed by atoms with Crippen LogP contribution in [0.15, 0.2) is 69.0 Å². The lowest BCUT2D eigenvalue weighted by Gasteiger charge is -2.15. The topological polar surface area (TPSA) is 77.4 Å². The predicted octanol–water partition coefficient (Wildman–Crippen LogP) is 7.75. The molecule has 3 aromatic carbocycles. The van der Waals surface area contributed by atoms with Crippen LogP contribution in [0.5, 0.6) is 11.5 Å². The van der Waals surface area contributed by atoms with E-state index in [0.717, 1.165) is 15.6 Å². The highest BCUT2D eigenvalue weighted by atomic mass is 79.9. The smallest absolute Gasteiger partial charge is 0.337 e. The molecule has 1 amide bonds. The molecule has 0 radical (unpaired) electrons. The maximum Gasteiger partial charge on any atom is 0.337 e. The molecule has 0 saturated carbocycles. The molecule has 0 atom stereocenters. The van der Waals surface area contributed by atoms with Crippen LogP contribution in [0.4, 0.5) is 5.69 Å². The van der Waals surface area contributed by atoms with E-state index in [0.29, 0.717) is 49.5 Å². The highest BCUT2D eigenvalue weighted by Crippen LogP contribution is 2.39. The minimum absolute atomic E-state index is 0.188. The number of carbonyl (C=O) groups excluding carboxylic acids is 2. The Bertz CT molecular complexity index is 1480. The van der Waals surface area contributed by atoms with Crippen molar-refractivity contribution in [1.29, 1.82) is 0 Å². The second-order valence-corrected chi connectivity index (χ2v) is 10.9. The lowest BCUT2D eigenvalue weighted by Crippen LogP contribution is -2.23. The quantitative estimate of drug-likeness (QED) is 0.183. The number of methoxy groups -OCH3 is 1. The summed E-state index contributed by atoms with van der Waals surface area (Å²) in [6.07, 6.45) is 1.78. The van der Waals surface area contributed by atoms with E-state index in [9.17, 15) is 9.59 Å². The highest BCUT2D eigenvalue weighted by Gasteiger charge is 2.30. The molecule has 1 saturated heterocycles. The van der Waals surface area contributed by atoms with Crippen molar-refractivity contribution in [1.82, 2.24) is 4.90 Å². The number of aliphatic imine (C=N–C) groups is 1. The van der Waals surface area contributed by atoms with Gasteiger partial charge in [0.05, 0.1) is 29.9 Å². The van der Waals surface area contributed by atoms with E-state index in [1.165, 1.54) is 23.8 Å². The summed E-state index contributed by atoms with van der Waals surface area (Å²) in [7, 11) is 2.99. The standard InChI is InChI=1S/C28H23BrCl2N2O5S/c1-4-37-23-11-18(21(29)14-24(23)38-15-17-5-8-19(30)13-22(17)31)12-25-26(34)33(2)28(39-25)32-20-9-6-16(7-10-20)27(35)36-3/h5-14H,4,15H2,1-3H3/b25-12-,32-28?. The molecule has 0 aromatic heterocycles. The Balaban J connectivity index is 1.57. The van der Waals surface area contributed by atoms with E-state index >= 15 is 0 Å². The minimum Gasteiger partial charge on any atom is -0.490 e. The fourth-order valence-electron chi connectivity index (χ4n) is 3.53. The largest absolute Gasteiger partial charge is 0.490 e. The fraction of sp³-hybridized carbons (Fsp3) is 0.179.